The Kier molecular flexibility index (Phi) is 2.95. The first kappa shape index (κ1) is 12.3. The van der Waals surface area contributed by atoms with Gasteiger partial charge in [0.05, 0.1) is 17.0 Å². The summed E-state index contributed by atoms with van der Waals surface area (Å²) in [5.74, 6) is -0.0176. The molecule has 20 heavy (non-hydrogen) atoms. The Labute approximate surface area is 115 Å². The van der Waals surface area contributed by atoms with Gasteiger partial charge >= 0.3 is 0 Å². The second kappa shape index (κ2) is 4.77. The van der Waals surface area contributed by atoms with E-state index in [2.05, 4.69) is 15.2 Å². The van der Waals surface area contributed by atoms with Gasteiger partial charge in [-0.3, -0.25) is 10.1 Å². The highest BCUT2D eigenvalue weighted by molar-refractivity contribution is 5.86. The molecule has 0 saturated carbocycles. The number of halogens is 1. The number of aromatic amines is 1. The maximum absolute atomic E-state index is 14.1. The molecule has 0 saturated heterocycles. The molecule has 0 amide bonds. The molecule has 100 valence electrons. The van der Waals surface area contributed by atoms with E-state index in [0.717, 1.165) is 5.56 Å². The molecular formula is C15H13FN4. The molecule has 3 rings (SSSR count). The van der Waals surface area contributed by atoms with E-state index in [4.69, 9.17) is 5.73 Å². The van der Waals surface area contributed by atoms with Gasteiger partial charge in [-0.05, 0) is 31.2 Å². The van der Waals surface area contributed by atoms with Gasteiger partial charge in [0.15, 0.2) is 5.82 Å². The van der Waals surface area contributed by atoms with E-state index in [1.54, 1.807) is 18.3 Å². The number of anilines is 1. The number of nitrogens with zero attached hydrogens (tertiary/aromatic N) is 2. The van der Waals surface area contributed by atoms with Crippen LogP contribution in [0.5, 0.6) is 0 Å². The fraction of sp³-hybridized carbons (Fsp3) is 0.0667. The summed E-state index contributed by atoms with van der Waals surface area (Å²) in [5.41, 5.74) is 9.12. The van der Waals surface area contributed by atoms with E-state index in [0.29, 0.717) is 28.3 Å². The van der Waals surface area contributed by atoms with Crippen LogP contribution in [0.15, 0.2) is 42.6 Å². The quantitative estimate of drug-likeness (QED) is 0.750. The van der Waals surface area contributed by atoms with Crippen LogP contribution in [-0.4, -0.2) is 15.2 Å². The Morgan fingerprint density at radius 2 is 2.05 bits per heavy atom. The molecule has 0 aliphatic carbocycles. The summed E-state index contributed by atoms with van der Waals surface area (Å²) in [5, 5.41) is 6.79. The van der Waals surface area contributed by atoms with E-state index in [1.165, 1.54) is 6.07 Å². The van der Waals surface area contributed by atoms with Gasteiger partial charge in [0, 0.05) is 11.8 Å². The number of aryl methyl sites for hydroxylation is 1. The third-order valence-corrected chi connectivity index (χ3v) is 3.11. The number of hydrogen-bond donors (Lipinski definition) is 2. The average Bonchev–Trinajstić information content (AvgIpc) is 2.84. The van der Waals surface area contributed by atoms with Gasteiger partial charge in [-0.1, -0.05) is 17.7 Å². The summed E-state index contributed by atoms with van der Waals surface area (Å²) in [6.07, 6.45) is 1.66. The second-order valence-corrected chi connectivity index (χ2v) is 4.56. The van der Waals surface area contributed by atoms with Crippen molar-refractivity contribution in [3.63, 3.8) is 0 Å². The fourth-order valence-electron chi connectivity index (χ4n) is 2.15. The fourth-order valence-corrected chi connectivity index (χ4v) is 2.15. The number of benzene rings is 1. The zero-order chi connectivity index (χ0) is 14.1. The molecule has 2 heterocycles. The van der Waals surface area contributed by atoms with Gasteiger partial charge in [0.2, 0.25) is 0 Å². The van der Waals surface area contributed by atoms with Crippen LogP contribution in [0.3, 0.4) is 0 Å². The molecule has 0 fully saturated rings. The van der Waals surface area contributed by atoms with Crippen LogP contribution < -0.4 is 5.73 Å². The molecule has 0 aliphatic rings. The Bertz CT molecular complexity index is 750. The minimum Gasteiger partial charge on any atom is -0.382 e. The zero-order valence-electron chi connectivity index (χ0n) is 10.9. The van der Waals surface area contributed by atoms with Crippen LogP contribution >= 0.6 is 0 Å². The Morgan fingerprint density at radius 1 is 1.20 bits per heavy atom. The molecule has 2 aromatic heterocycles. The van der Waals surface area contributed by atoms with Gasteiger partial charge < -0.3 is 5.73 Å². The van der Waals surface area contributed by atoms with Crippen LogP contribution in [0.2, 0.25) is 0 Å². The minimum absolute atomic E-state index is 0.305. The normalized spacial score (nSPS) is 10.7. The predicted octanol–water partition coefficient (Wildman–Crippen LogP) is 3.17. The number of rotatable bonds is 2. The Balaban J connectivity index is 2.24. The lowest BCUT2D eigenvalue weighted by atomic mass is 10.0. The van der Waals surface area contributed by atoms with Gasteiger partial charge in [-0.2, -0.15) is 5.10 Å². The second-order valence-electron chi connectivity index (χ2n) is 4.56. The number of nitrogens with two attached hydrogens (primary N) is 1. The molecule has 0 spiro atoms. The van der Waals surface area contributed by atoms with Crippen molar-refractivity contribution < 1.29 is 4.39 Å². The molecular weight excluding hydrogens is 255 g/mol. The number of hydrogen-bond acceptors (Lipinski definition) is 3. The predicted molar refractivity (Wildman–Crippen MR) is 76.4 cm³/mol. The van der Waals surface area contributed by atoms with Gasteiger partial charge in [-0.15, -0.1) is 0 Å². The number of pyridine rings is 1. The smallest absolute Gasteiger partial charge is 0.155 e. The summed E-state index contributed by atoms with van der Waals surface area (Å²) in [6.45, 7) is 1.91. The van der Waals surface area contributed by atoms with Crippen molar-refractivity contribution in [3.05, 3.63) is 54.0 Å². The molecule has 5 heteroatoms. The molecule has 4 nitrogen and oxygen atoms in total. The van der Waals surface area contributed by atoms with Gasteiger partial charge in [0.25, 0.3) is 0 Å². The number of aromatic nitrogens is 3. The lowest BCUT2D eigenvalue weighted by Crippen LogP contribution is -1.92. The third-order valence-electron chi connectivity index (χ3n) is 3.11. The molecule has 0 atom stereocenters. The monoisotopic (exact) mass is 268 g/mol. The van der Waals surface area contributed by atoms with Crippen molar-refractivity contribution in [2.45, 2.75) is 6.92 Å². The van der Waals surface area contributed by atoms with E-state index in [9.17, 15) is 4.39 Å². The topological polar surface area (TPSA) is 67.6 Å². The lowest BCUT2D eigenvalue weighted by molar-refractivity contribution is 0.630. The van der Waals surface area contributed by atoms with Crippen LogP contribution in [0.4, 0.5) is 10.2 Å². The average molecular weight is 268 g/mol. The van der Waals surface area contributed by atoms with E-state index in [1.807, 2.05) is 25.1 Å². The van der Waals surface area contributed by atoms with E-state index < -0.39 is 0 Å². The number of nitrogens with one attached hydrogen (secondary N) is 1. The Morgan fingerprint density at radius 3 is 2.80 bits per heavy atom. The minimum atomic E-state index is -0.323. The van der Waals surface area contributed by atoms with Crippen LogP contribution in [-0.2, 0) is 0 Å². The summed E-state index contributed by atoms with van der Waals surface area (Å²) in [6, 6.07) is 10.4. The zero-order valence-corrected chi connectivity index (χ0v) is 10.9. The Hall–Kier alpha value is -2.69. The van der Waals surface area contributed by atoms with Crippen molar-refractivity contribution in [2.24, 2.45) is 0 Å². The number of H-pyrrole nitrogens is 1. The number of nitrogen functional groups attached to an aromatic ring is 1. The summed E-state index contributed by atoms with van der Waals surface area (Å²) in [7, 11) is 0. The molecule has 1 aromatic carbocycles. The highest BCUT2D eigenvalue weighted by atomic mass is 19.1. The molecule has 0 aliphatic heterocycles. The summed E-state index contributed by atoms with van der Waals surface area (Å²) in [4.78, 5) is 4.26. The van der Waals surface area contributed by atoms with Crippen molar-refractivity contribution in [3.8, 4) is 22.5 Å². The largest absolute Gasteiger partial charge is 0.382 e. The van der Waals surface area contributed by atoms with Crippen LogP contribution in [0, 0.1) is 12.7 Å². The first-order chi connectivity index (χ1) is 9.66. The van der Waals surface area contributed by atoms with E-state index in [-0.39, 0.29) is 5.82 Å². The molecule has 0 bridgehead atoms. The molecule has 0 unspecified atom stereocenters. The van der Waals surface area contributed by atoms with Gasteiger partial charge in [-0.25, -0.2) is 4.39 Å². The van der Waals surface area contributed by atoms with Crippen molar-refractivity contribution >= 4 is 5.82 Å². The highest BCUT2D eigenvalue weighted by Crippen LogP contribution is 2.34. The molecule has 0 radical (unpaired) electrons. The third kappa shape index (κ3) is 2.03. The van der Waals surface area contributed by atoms with Crippen molar-refractivity contribution in [1.82, 2.24) is 15.2 Å². The SMILES string of the molecule is Cc1ccc(F)c(-c2[nH]nc(N)c2-c2ccccn2)c1. The van der Waals surface area contributed by atoms with Crippen molar-refractivity contribution in [2.75, 3.05) is 5.73 Å². The van der Waals surface area contributed by atoms with Crippen LogP contribution in [0.25, 0.3) is 22.5 Å². The summed E-state index contributed by atoms with van der Waals surface area (Å²) < 4.78 is 14.1. The van der Waals surface area contributed by atoms with Gasteiger partial charge in [0.1, 0.15) is 5.82 Å². The van der Waals surface area contributed by atoms with E-state index >= 15 is 0 Å². The van der Waals surface area contributed by atoms with Crippen molar-refractivity contribution in [1.29, 1.82) is 0 Å². The first-order valence-corrected chi connectivity index (χ1v) is 6.18. The summed E-state index contributed by atoms with van der Waals surface area (Å²) >= 11 is 0. The molecule has 3 aromatic rings. The maximum Gasteiger partial charge on any atom is 0.155 e. The first-order valence-electron chi connectivity index (χ1n) is 6.18. The molecule has 3 N–H and O–H groups in total. The lowest BCUT2D eigenvalue weighted by Gasteiger charge is -2.06. The van der Waals surface area contributed by atoms with Crippen LogP contribution in [0.1, 0.15) is 5.56 Å². The highest BCUT2D eigenvalue weighted by Gasteiger charge is 2.18. The standard InChI is InChI=1S/C15H13FN4/c1-9-5-6-11(16)10(8-9)14-13(15(17)20-19-14)12-4-2-3-7-18-12/h2-8H,1H3,(H3,17,19,20). The maximum atomic E-state index is 14.1.